The Balaban J connectivity index is 5.00. The van der Waals surface area contributed by atoms with Crippen molar-refractivity contribution in [3.05, 3.63) is 23.3 Å². The van der Waals surface area contributed by atoms with Crippen LogP contribution in [0.25, 0.3) is 0 Å². The molecule has 5 heteroatoms. The zero-order chi connectivity index (χ0) is 16.6. The SMILES string of the molecule is C=C(COCC(C(=O)[O-])=C(CC(C)C)CC(C)C)C(=O)[O-]. The fraction of sp³-hybridized carbons (Fsp3) is 0.625. The lowest BCUT2D eigenvalue weighted by molar-refractivity contribution is -0.300. The van der Waals surface area contributed by atoms with Crippen LogP contribution >= 0.6 is 0 Å². The van der Waals surface area contributed by atoms with E-state index in [2.05, 4.69) is 6.58 Å². The van der Waals surface area contributed by atoms with Gasteiger partial charge in [-0.25, -0.2) is 0 Å². The van der Waals surface area contributed by atoms with Crippen LogP contribution < -0.4 is 10.2 Å². The molecule has 120 valence electrons. The first-order chi connectivity index (χ1) is 9.65. The molecule has 0 saturated carbocycles. The molecule has 0 heterocycles. The first kappa shape index (κ1) is 19.4. The first-order valence-electron chi connectivity index (χ1n) is 7.04. The quantitative estimate of drug-likeness (QED) is 0.546. The van der Waals surface area contributed by atoms with E-state index in [0.29, 0.717) is 24.7 Å². The van der Waals surface area contributed by atoms with Gasteiger partial charge in [0, 0.05) is 0 Å². The summed E-state index contributed by atoms with van der Waals surface area (Å²) in [4.78, 5) is 21.8. The van der Waals surface area contributed by atoms with Crippen molar-refractivity contribution in [3.63, 3.8) is 0 Å². The fourth-order valence-electron chi connectivity index (χ4n) is 1.96. The van der Waals surface area contributed by atoms with Gasteiger partial charge in [0.25, 0.3) is 0 Å². The van der Waals surface area contributed by atoms with Gasteiger partial charge in [-0.15, -0.1) is 0 Å². The summed E-state index contributed by atoms with van der Waals surface area (Å²) in [7, 11) is 0. The number of ether oxygens (including phenoxy) is 1. The van der Waals surface area contributed by atoms with E-state index in [4.69, 9.17) is 4.74 Å². The predicted octanol–water partition coefficient (Wildman–Crippen LogP) is 0.448. The Morgan fingerprint density at radius 2 is 1.43 bits per heavy atom. The van der Waals surface area contributed by atoms with Gasteiger partial charge < -0.3 is 24.5 Å². The van der Waals surface area contributed by atoms with Crippen LogP contribution in [-0.4, -0.2) is 25.2 Å². The second-order valence-electron chi connectivity index (χ2n) is 5.95. The van der Waals surface area contributed by atoms with Crippen molar-refractivity contribution in [2.45, 2.75) is 40.5 Å². The highest BCUT2D eigenvalue weighted by Gasteiger charge is 2.12. The van der Waals surface area contributed by atoms with Crippen molar-refractivity contribution < 1.29 is 24.5 Å². The van der Waals surface area contributed by atoms with E-state index < -0.39 is 11.9 Å². The van der Waals surface area contributed by atoms with Crippen LogP contribution in [0.2, 0.25) is 0 Å². The van der Waals surface area contributed by atoms with Crippen molar-refractivity contribution in [2.75, 3.05) is 13.2 Å². The Labute approximate surface area is 126 Å². The zero-order valence-electron chi connectivity index (χ0n) is 13.2. The summed E-state index contributed by atoms with van der Waals surface area (Å²) in [5.74, 6) is -2.05. The number of carboxylic acids is 2. The molecule has 0 radical (unpaired) electrons. The number of rotatable bonds is 10. The Bertz CT molecular complexity index is 406. The summed E-state index contributed by atoms with van der Waals surface area (Å²) in [6.07, 6.45) is 1.29. The van der Waals surface area contributed by atoms with E-state index in [-0.39, 0.29) is 24.4 Å². The number of hydrogen-bond donors (Lipinski definition) is 0. The van der Waals surface area contributed by atoms with Gasteiger partial charge in [-0.05, 0) is 35.8 Å². The molecule has 0 atom stereocenters. The second kappa shape index (κ2) is 9.34. The molecule has 0 fully saturated rings. The molecule has 0 aromatic carbocycles. The summed E-state index contributed by atoms with van der Waals surface area (Å²) < 4.78 is 5.13. The van der Waals surface area contributed by atoms with Gasteiger partial charge in [0.2, 0.25) is 0 Å². The van der Waals surface area contributed by atoms with Crippen LogP contribution in [0.5, 0.6) is 0 Å². The predicted molar refractivity (Wildman–Crippen MR) is 75.9 cm³/mol. The number of allylic oxidation sites excluding steroid dienone is 1. The molecule has 0 aromatic heterocycles. The van der Waals surface area contributed by atoms with E-state index in [0.717, 1.165) is 5.57 Å². The van der Waals surface area contributed by atoms with Crippen LogP contribution in [0, 0.1) is 11.8 Å². The van der Waals surface area contributed by atoms with Crippen LogP contribution in [0.1, 0.15) is 40.5 Å². The molecule has 0 aliphatic rings. The van der Waals surface area contributed by atoms with E-state index in [9.17, 15) is 19.8 Å². The third-order valence-electron chi connectivity index (χ3n) is 2.79. The Morgan fingerprint density at radius 1 is 0.952 bits per heavy atom. The number of carboxylic acid groups (broad SMARTS) is 2. The highest BCUT2D eigenvalue weighted by Crippen LogP contribution is 2.23. The number of hydrogen-bond acceptors (Lipinski definition) is 5. The topological polar surface area (TPSA) is 89.5 Å². The number of carbonyl (C=O) groups is 2. The van der Waals surface area contributed by atoms with Crippen molar-refractivity contribution in [2.24, 2.45) is 11.8 Å². The molecule has 0 unspecified atom stereocenters. The Kier molecular flexibility index (Phi) is 8.62. The highest BCUT2D eigenvalue weighted by molar-refractivity contribution is 5.86. The lowest BCUT2D eigenvalue weighted by atomic mass is 9.91. The zero-order valence-corrected chi connectivity index (χ0v) is 13.2. The van der Waals surface area contributed by atoms with Crippen LogP contribution in [0.15, 0.2) is 23.3 Å². The molecule has 0 aromatic rings. The molecule has 0 amide bonds. The maximum atomic E-state index is 11.3. The number of aliphatic carboxylic acids is 2. The van der Waals surface area contributed by atoms with Crippen molar-refractivity contribution in [1.29, 1.82) is 0 Å². The first-order valence-corrected chi connectivity index (χ1v) is 7.04. The lowest BCUT2D eigenvalue weighted by Gasteiger charge is -2.20. The molecule has 0 bridgehead atoms. The molecule has 0 N–H and O–H groups in total. The maximum absolute atomic E-state index is 11.3. The fourth-order valence-corrected chi connectivity index (χ4v) is 1.96. The van der Waals surface area contributed by atoms with Gasteiger partial charge in [-0.3, -0.25) is 0 Å². The summed E-state index contributed by atoms with van der Waals surface area (Å²) in [6.45, 7) is 10.8. The van der Waals surface area contributed by atoms with Gasteiger partial charge in [-0.1, -0.05) is 39.8 Å². The average Bonchev–Trinajstić information content (AvgIpc) is 2.31. The summed E-state index contributed by atoms with van der Waals surface area (Å²) in [5.41, 5.74) is 0.671. The largest absolute Gasteiger partial charge is 0.545 e. The monoisotopic (exact) mass is 296 g/mol. The van der Waals surface area contributed by atoms with Crippen LogP contribution in [0.4, 0.5) is 0 Å². The van der Waals surface area contributed by atoms with Gasteiger partial charge in [0.05, 0.1) is 25.2 Å². The molecule has 0 spiro atoms. The minimum absolute atomic E-state index is 0.101. The van der Waals surface area contributed by atoms with Crippen LogP contribution in [-0.2, 0) is 14.3 Å². The standard InChI is InChI=1S/C16H26O5/c1-10(2)6-13(7-11(3)4)14(16(19)20)9-21-8-12(5)15(17)18/h10-11H,5-9H2,1-4H3,(H,17,18)(H,19,20)/p-2. The molecule has 0 rings (SSSR count). The smallest absolute Gasteiger partial charge is 0.0738 e. The lowest BCUT2D eigenvalue weighted by Crippen LogP contribution is -2.30. The van der Waals surface area contributed by atoms with Crippen LogP contribution in [0.3, 0.4) is 0 Å². The van der Waals surface area contributed by atoms with Gasteiger partial charge in [0.1, 0.15) is 0 Å². The second-order valence-corrected chi connectivity index (χ2v) is 5.95. The van der Waals surface area contributed by atoms with Crippen molar-refractivity contribution >= 4 is 11.9 Å². The third-order valence-corrected chi connectivity index (χ3v) is 2.79. The third kappa shape index (κ3) is 8.30. The van der Waals surface area contributed by atoms with Gasteiger partial charge >= 0.3 is 0 Å². The molecule has 0 aliphatic carbocycles. The van der Waals surface area contributed by atoms with E-state index >= 15 is 0 Å². The minimum Gasteiger partial charge on any atom is -0.545 e. The molecule has 0 saturated heterocycles. The summed E-state index contributed by atoms with van der Waals surface area (Å²) in [5, 5.41) is 21.8. The van der Waals surface area contributed by atoms with E-state index in [1.165, 1.54) is 0 Å². The highest BCUT2D eigenvalue weighted by atomic mass is 16.5. The molecule has 5 nitrogen and oxygen atoms in total. The Morgan fingerprint density at radius 3 is 1.76 bits per heavy atom. The molecule has 0 aliphatic heterocycles. The summed E-state index contributed by atoms with van der Waals surface area (Å²) >= 11 is 0. The molecular weight excluding hydrogens is 272 g/mol. The van der Waals surface area contributed by atoms with Crippen molar-refractivity contribution in [1.82, 2.24) is 0 Å². The van der Waals surface area contributed by atoms with E-state index in [1.807, 2.05) is 27.7 Å². The van der Waals surface area contributed by atoms with Gasteiger partial charge in [0.15, 0.2) is 0 Å². The van der Waals surface area contributed by atoms with Gasteiger partial charge in [-0.2, -0.15) is 0 Å². The average molecular weight is 296 g/mol. The van der Waals surface area contributed by atoms with E-state index in [1.54, 1.807) is 0 Å². The number of carbonyl (C=O) groups excluding carboxylic acids is 2. The maximum Gasteiger partial charge on any atom is 0.0738 e. The Hall–Kier alpha value is -1.62. The molecular formula is C16H24O5-2. The minimum atomic E-state index is -1.40. The summed E-state index contributed by atoms with van der Waals surface area (Å²) in [6, 6.07) is 0. The molecule has 21 heavy (non-hydrogen) atoms. The normalized spacial score (nSPS) is 10.8. The van der Waals surface area contributed by atoms with Crippen molar-refractivity contribution in [3.8, 4) is 0 Å².